The lowest BCUT2D eigenvalue weighted by Crippen LogP contribution is -2.20. The Morgan fingerprint density at radius 2 is 1.88 bits per heavy atom. The molecule has 0 spiro atoms. The quantitative estimate of drug-likeness (QED) is 0.767. The van der Waals surface area contributed by atoms with Crippen molar-refractivity contribution < 1.29 is 0 Å². The minimum Gasteiger partial charge on any atom is -0.320 e. The van der Waals surface area contributed by atoms with Crippen LogP contribution in [-0.4, -0.2) is 13.6 Å². The van der Waals surface area contributed by atoms with Gasteiger partial charge in [-0.3, -0.25) is 0 Å². The molecule has 0 saturated carbocycles. The minimum atomic E-state index is 0.394. The summed E-state index contributed by atoms with van der Waals surface area (Å²) in [5.41, 5.74) is 1.78. The van der Waals surface area contributed by atoms with E-state index in [0.717, 1.165) is 17.4 Å². The molecule has 3 heteroatoms. The fourth-order valence-corrected chi connectivity index (χ4v) is 2.65. The zero-order valence-corrected chi connectivity index (χ0v) is 14.0. The standard InChI is InChI=1S/C14H21Br2N/c1-14(2,8-9-17-3)7-6-11-10-12(15)4-5-13(11)16/h4-5,10,17H,6-9H2,1-3H3. The van der Waals surface area contributed by atoms with E-state index in [-0.39, 0.29) is 0 Å². The monoisotopic (exact) mass is 361 g/mol. The van der Waals surface area contributed by atoms with Crippen LogP contribution in [0.5, 0.6) is 0 Å². The van der Waals surface area contributed by atoms with Crippen molar-refractivity contribution in [2.75, 3.05) is 13.6 Å². The Labute approximate surface area is 122 Å². The molecule has 0 unspecified atom stereocenters. The fourth-order valence-electron chi connectivity index (χ4n) is 1.80. The van der Waals surface area contributed by atoms with E-state index in [4.69, 9.17) is 0 Å². The number of nitrogens with one attached hydrogen (secondary N) is 1. The molecule has 0 aliphatic heterocycles. The molecule has 1 aromatic carbocycles. The Morgan fingerprint density at radius 3 is 2.53 bits per heavy atom. The van der Waals surface area contributed by atoms with Crippen LogP contribution in [0.1, 0.15) is 32.3 Å². The fraction of sp³-hybridized carbons (Fsp3) is 0.571. The van der Waals surface area contributed by atoms with E-state index in [0.29, 0.717) is 5.41 Å². The molecule has 1 N–H and O–H groups in total. The molecule has 0 aromatic heterocycles. The molecular formula is C14H21Br2N. The lowest BCUT2D eigenvalue weighted by molar-refractivity contribution is 0.305. The molecule has 96 valence electrons. The van der Waals surface area contributed by atoms with E-state index in [1.165, 1.54) is 22.9 Å². The second-order valence-corrected chi connectivity index (χ2v) is 7.02. The summed E-state index contributed by atoms with van der Waals surface area (Å²) in [5, 5.41) is 3.23. The summed E-state index contributed by atoms with van der Waals surface area (Å²) in [4.78, 5) is 0. The van der Waals surface area contributed by atoms with E-state index in [9.17, 15) is 0 Å². The minimum absolute atomic E-state index is 0.394. The second-order valence-electron chi connectivity index (χ2n) is 5.25. The first-order valence-corrected chi connectivity index (χ1v) is 7.62. The van der Waals surface area contributed by atoms with Crippen molar-refractivity contribution in [1.82, 2.24) is 5.32 Å². The molecule has 0 amide bonds. The number of hydrogen-bond donors (Lipinski definition) is 1. The first-order chi connectivity index (χ1) is 7.94. The van der Waals surface area contributed by atoms with Crippen molar-refractivity contribution in [3.8, 4) is 0 Å². The summed E-state index contributed by atoms with van der Waals surface area (Å²) in [6.45, 7) is 5.78. The maximum absolute atomic E-state index is 3.62. The average molecular weight is 363 g/mol. The van der Waals surface area contributed by atoms with Gasteiger partial charge < -0.3 is 5.32 Å². The van der Waals surface area contributed by atoms with Crippen molar-refractivity contribution in [3.63, 3.8) is 0 Å². The molecule has 0 bridgehead atoms. The van der Waals surface area contributed by atoms with Gasteiger partial charge in [-0.05, 0) is 62.0 Å². The maximum atomic E-state index is 3.62. The SMILES string of the molecule is CNCCC(C)(C)CCc1cc(Br)ccc1Br. The predicted molar refractivity (Wildman–Crippen MR) is 82.5 cm³/mol. The van der Waals surface area contributed by atoms with Crippen molar-refractivity contribution in [2.24, 2.45) is 5.41 Å². The largest absolute Gasteiger partial charge is 0.320 e. The van der Waals surface area contributed by atoms with Gasteiger partial charge in [0.1, 0.15) is 0 Å². The van der Waals surface area contributed by atoms with Gasteiger partial charge in [0.25, 0.3) is 0 Å². The van der Waals surface area contributed by atoms with Crippen LogP contribution in [0.3, 0.4) is 0 Å². The van der Waals surface area contributed by atoms with E-state index >= 15 is 0 Å². The Bertz CT molecular complexity index is 361. The third-order valence-corrected chi connectivity index (χ3v) is 4.40. The highest BCUT2D eigenvalue weighted by molar-refractivity contribution is 9.11. The van der Waals surface area contributed by atoms with Crippen molar-refractivity contribution >= 4 is 31.9 Å². The number of rotatable bonds is 6. The lowest BCUT2D eigenvalue weighted by atomic mass is 9.83. The molecule has 1 rings (SSSR count). The first-order valence-electron chi connectivity index (χ1n) is 6.03. The summed E-state index contributed by atoms with van der Waals surface area (Å²) in [6.07, 6.45) is 3.55. The molecule has 1 nitrogen and oxygen atoms in total. The molecule has 0 atom stereocenters. The third kappa shape index (κ3) is 5.54. The van der Waals surface area contributed by atoms with Gasteiger partial charge in [0.05, 0.1) is 0 Å². The molecule has 0 aliphatic rings. The van der Waals surface area contributed by atoms with Gasteiger partial charge in [0, 0.05) is 8.95 Å². The van der Waals surface area contributed by atoms with Crippen LogP contribution in [0.15, 0.2) is 27.1 Å². The van der Waals surface area contributed by atoms with Crippen LogP contribution in [0.25, 0.3) is 0 Å². The van der Waals surface area contributed by atoms with Crippen LogP contribution in [0.2, 0.25) is 0 Å². The molecule has 0 saturated heterocycles. The van der Waals surface area contributed by atoms with Crippen molar-refractivity contribution in [2.45, 2.75) is 33.1 Å². The van der Waals surface area contributed by atoms with Crippen LogP contribution in [-0.2, 0) is 6.42 Å². The van der Waals surface area contributed by atoms with Gasteiger partial charge in [-0.15, -0.1) is 0 Å². The first kappa shape index (κ1) is 15.2. The molecular weight excluding hydrogens is 342 g/mol. The van der Waals surface area contributed by atoms with Crippen molar-refractivity contribution in [1.29, 1.82) is 0 Å². The molecule has 0 radical (unpaired) electrons. The van der Waals surface area contributed by atoms with Crippen molar-refractivity contribution in [3.05, 3.63) is 32.7 Å². The summed E-state index contributed by atoms with van der Waals surface area (Å²) >= 11 is 7.15. The summed E-state index contributed by atoms with van der Waals surface area (Å²) in [5.74, 6) is 0. The highest BCUT2D eigenvalue weighted by Crippen LogP contribution is 2.29. The van der Waals surface area contributed by atoms with E-state index < -0.39 is 0 Å². The number of hydrogen-bond acceptors (Lipinski definition) is 1. The highest BCUT2D eigenvalue weighted by atomic mass is 79.9. The van der Waals surface area contributed by atoms with E-state index in [2.05, 4.69) is 69.2 Å². The number of aryl methyl sites for hydroxylation is 1. The Kier molecular flexibility index (Phi) is 6.18. The van der Waals surface area contributed by atoms with Crippen LogP contribution in [0.4, 0.5) is 0 Å². The lowest BCUT2D eigenvalue weighted by Gasteiger charge is -2.24. The van der Waals surface area contributed by atoms with E-state index in [1.807, 2.05) is 7.05 Å². The molecule has 0 fully saturated rings. The molecule has 17 heavy (non-hydrogen) atoms. The molecule has 0 heterocycles. The zero-order chi connectivity index (χ0) is 12.9. The second kappa shape index (κ2) is 6.91. The number of halogens is 2. The Balaban J connectivity index is 2.57. The highest BCUT2D eigenvalue weighted by Gasteiger charge is 2.17. The summed E-state index contributed by atoms with van der Waals surface area (Å²) < 4.78 is 2.37. The predicted octanol–water partition coefficient (Wildman–Crippen LogP) is 4.78. The summed E-state index contributed by atoms with van der Waals surface area (Å²) in [7, 11) is 2.01. The molecule has 1 aromatic rings. The Morgan fingerprint density at radius 1 is 1.18 bits per heavy atom. The molecule has 0 aliphatic carbocycles. The maximum Gasteiger partial charge on any atom is 0.0208 e. The normalized spacial score (nSPS) is 11.8. The van der Waals surface area contributed by atoms with Crippen LogP contribution in [0, 0.1) is 5.41 Å². The van der Waals surface area contributed by atoms with Crippen LogP contribution < -0.4 is 5.32 Å². The zero-order valence-electron chi connectivity index (χ0n) is 10.8. The van der Waals surface area contributed by atoms with Crippen LogP contribution >= 0.6 is 31.9 Å². The average Bonchev–Trinajstić information content (AvgIpc) is 2.28. The van der Waals surface area contributed by atoms with E-state index in [1.54, 1.807) is 0 Å². The van der Waals surface area contributed by atoms with Gasteiger partial charge >= 0.3 is 0 Å². The van der Waals surface area contributed by atoms with Gasteiger partial charge in [-0.25, -0.2) is 0 Å². The topological polar surface area (TPSA) is 12.0 Å². The third-order valence-electron chi connectivity index (χ3n) is 3.13. The van der Waals surface area contributed by atoms with Gasteiger partial charge in [-0.1, -0.05) is 45.7 Å². The van der Waals surface area contributed by atoms with Gasteiger partial charge in [0.15, 0.2) is 0 Å². The van der Waals surface area contributed by atoms with Gasteiger partial charge in [-0.2, -0.15) is 0 Å². The summed E-state index contributed by atoms with van der Waals surface area (Å²) in [6, 6.07) is 6.39. The smallest absolute Gasteiger partial charge is 0.0208 e. The van der Waals surface area contributed by atoms with Gasteiger partial charge in [0.2, 0.25) is 0 Å². The number of benzene rings is 1. The Hall–Kier alpha value is 0.140.